The molecule has 0 spiro atoms. The van der Waals surface area contributed by atoms with Gasteiger partial charge in [0.2, 0.25) is 0 Å². The molecule has 0 saturated carbocycles. The number of rotatable bonds is 3. The van der Waals surface area contributed by atoms with Crippen LogP contribution in [0.3, 0.4) is 0 Å². The first-order valence-corrected chi connectivity index (χ1v) is 9.66. The lowest BCUT2D eigenvalue weighted by Crippen LogP contribution is -2.48. The van der Waals surface area contributed by atoms with Crippen LogP contribution < -0.4 is 0 Å². The van der Waals surface area contributed by atoms with Crippen LogP contribution in [0.25, 0.3) is 17.1 Å². The van der Waals surface area contributed by atoms with Crippen LogP contribution >= 0.6 is 11.6 Å². The van der Waals surface area contributed by atoms with E-state index in [0.29, 0.717) is 35.3 Å². The summed E-state index contributed by atoms with van der Waals surface area (Å²) < 4.78 is 13.1. The average molecular weight is 400 g/mol. The van der Waals surface area contributed by atoms with Crippen LogP contribution in [0.1, 0.15) is 30.1 Å². The van der Waals surface area contributed by atoms with Gasteiger partial charge in [0.25, 0.3) is 5.91 Å². The van der Waals surface area contributed by atoms with Crippen molar-refractivity contribution >= 4 is 17.5 Å². The minimum absolute atomic E-state index is 0.0116. The lowest BCUT2D eigenvalue weighted by atomic mass is 10.2. The number of hydrogen-bond donors (Lipinski definition) is 0. The Morgan fingerprint density at radius 1 is 1.14 bits per heavy atom. The molecule has 28 heavy (non-hydrogen) atoms. The molecule has 0 radical (unpaired) electrons. The second kappa shape index (κ2) is 7.45. The first-order valence-electron chi connectivity index (χ1n) is 9.28. The van der Waals surface area contributed by atoms with E-state index in [2.05, 4.69) is 5.10 Å². The SMILES string of the molecule is Cc1ccc(-c2cc(C(=O)N3C[C@H](C)O[C@@H](C)C3)n(-c3cccc(Cl)c3)n2)o1. The van der Waals surface area contributed by atoms with Gasteiger partial charge < -0.3 is 14.1 Å². The van der Waals surface area contributed by atoms with Crippen LogP contribution in [0.4, 0.5) is 0 Å². The molecule has 3 heterocycles. The summed E-state index contributed by atoms with van der Waals surface area (Å²) in [6.45, 7) is 6.90. The average Bonchev–Trinajstić information content (AvgIpc) is 3.26. The van der Waals surface area contributed by atoms with E-state index in [-0.39, 0.29) is 18.1 Å². The van der Waals surface area contributed by atoms with Gasteiger partial charge in [-0.2, -0.15) is 5.10 Å². The zero-order valence-corrected chi connectivity index (χ0v) is 16.8. The van der Waals surface area contributed by atoms with Crippen molar-refractivity contribution in [1.29, 1.82) is 0 Å². The summed E-state index contributed by atoms with van der Waals surface area (Å²) in [5.74, 6) is 1.32. The van der Waals surface area contributed by atoms with Crippen LogP contribution in [0.2, 0.25) is 5.02 Å². The van der Waals surface area contributed by atoms with Crippen molar-refractivity contribution in [3.05, 3.63) is 58.9 Å². The Labute approximate surface area is 168 Å². The van der Waals surface area contributed by atoms with Crippen LogP contribution in [0, 0.1) is 6.92 Å². The molecular formula is C21H22ClN3O3. The van der Waals surface area contributed by atoms with Crippen LogP contribution in [0.5, 0.6) is 0 Å². The fourth-order valence-electron chi connectivity index (χ4n) is 3.54. The van der Waals surface area contributed by atoms with Crippen molar-refractivity contribution in [3.8, 4) is 17.1 Å². The monoisotopic (exact) mass is 399 g/mol. The van der Waals surface area contributed by atoms with Gasteiger partial charge in [0.1, 0.15) is 17.1 Å². The first-order chi connectivity index (χ1) is 13.4. The number of carbonyl (C=O) groups excluding carboxylic acids is 1. The van der Waals surface area contributed by atoms with E-state index in [9.17, 15) is 4.79 Å². The van der Waals surface area contributed by atoms with Gasteiger partial charge >= 0.3 is 0 Å². The van der Waals surface area contributed by atoms with Crippen molar-refractivity contribution in [2.75, 3.05) is 13.1 Å². The van der Waals surface area contributed by atoms with Gasteiger partial charge in [-0.1, -0.05) is 17.7 Å². The minimum Gasteiger partial charge on any atom is -0.460 e. The molecule has 7 heteroatoms. The number of carbonyl (C=O) groups is 1. The summed E-state index contributed by atoms with van der Waals surface area (Å²) in [5, 5.41) is 5.22. The highest BCUT2D eigenvalue weighted by atomic mass is 35.5. The number of hydrogen-bond acceptors (Lipinski definition) is 4. The summed E-state index contributed by atoms with van der Waals surface area (Å²) in [6, 6.07) is 12.8. The molecule has 1 fully saturated rings. The van der Waals surface area contributed by atoms with E-state index < -0.39 is 0 Å². The fraction of sp³-hybridized carbons (Fsp3) is 0.333. The van der Waals surface area contributed by atoms with Crippen molar-refractivity contribution in [3.63, 3.8) is 0 Å². The molecule has 0 aliphatic carbocycles. The largest absolute Gasteiger partial charge is 0.460 e. The molecular weight excluding hydrogens is 378 g/mol. The zero-order valence-electron chi connectivity index (χ0n) is 16.1. The molecule has 2 aromatic heterocycles. The Kier molecular flexibility index (Phi) is 5.00. The Morgan fingerprint density at radius 2 is 1.89 bits per heavy atom. The van der Waals surface area contributed by atoms with E-state index in [1.54, 1.807) is 22.9 Å². The van der Waals surface area contributed by atoms with E-state index >= 15 is 0 Å². The smallest absolute Gasteiger partial charge is 0.272 e. The quantitative estimate of drug-likeness (QED) is 0.657. The van der Waals surface area contributed by atoms with Crippen molar-refractivity contribution in [2.45, 2.75) is 33.0 Å². The minimum atomic E-state index is -0.0935. The lowest BCUT2D eigenvalue weighted by Gasteiger charge is -2.35. The number of aryl methyl sites for hydroxylation is 1. The fourth-order valence-corrected chi connectivity index (χ4v) is 3.72. The molecule has 0 unspecified atom stereocenters. The maximum Gasteiger partial charge on any atom is 0.272 e. The van der Waals surface area contributed by atoms with Gasteiger partial charge in [0.15, 0.2) is 5.76 Å². The second-order valence-corrected chi connectivity index (χ2v) is 7.62. The number of benzene rings is 1. The highest BCUT2D eigenvalue weighted by molar-refractivity contribution is 6.30. The topological polar surface area (TPSA) is 60.5 Å². The zero-order chi connectivity index (χ0) is 19.8. The lowest BCUT2D eigenvalue weighted by molar-refractivity contribution is -0.0588. The number of aromatic nitrogens is 2. The molecule has 1 amide bonds. The molecule has 1 saturated heterocycles. The van der Waals surface area contributed by atoms with Gasteiger partial charge in [0, 0.05) is 24.2 Å². The highest BCUT2D eigenvalue weighted by Gasteiger charge is 2.29. The normalized spacial score (nSPS) is 19.8. The van der Waals surface area contributed by atoms with Crippen molar-refractivity contribution in [2.24, 2.45) is 0 Å². The Morgan fingerprint density at radius 3 is 2.54 bits per heavy atom. The molecule has 146 valence electrons. The van der Waals surface area contributed by atoms with Crippen molar-refractivity contribution in [1.82, 2.24) is 14.7 Å². The maximum atomic E-state index is 13.4. The standard InChI is InChI=1S/C21H22ClN3O3/c1-13-7-8-20(28-13)18-10-19(21(26)24-11-14(2)27-15(3)12-24)25(23-18)17-6-4-5-16(22)9-17/h4-10,14-15H,11-12H2,1-3H3/t14-,15-/m0/s1. The van der Waals surface area contributed by atoms with Gasteiger partial charge in [-0.25, -0.2) is 4.68 Å². The maximum absolute atomic E-state index is 13.4. The molecule has 0 bridgehead atoms. The Hall–Kier alpha value is -2.57. The predicted octanol–water partition coefficient (Wildman–Crippen LogP) is 4.34. The van der Waals surface area contributed by atoms with Crippen molar-refractivity contribution < 1.29 is 13.9 Å². The number of amides is 1. The van der Waals surface area contributed by atoms with Gasteiger partial charge in [0.05, 0.1) is 17.9 Å². The van der Waals surface area contributed by atoms with E-state index in [1.807, 2.05) is 49.9 Å². The summed E-state index contributed by atoms with van der Waals surface area (Å²) in [6.07, 6.45) is -0.0233. The van der Waals surface area contributed by atoms with Crippen LogP contribution in [0.15, 0.2) is 46.9 Å². The van der Waals surface area contributed by atoms with Crippen LogP contribution in [-0.2, 0) is 4.74 Å². The number of furan rings is 1. The van der Waals surface area contributed by atoms with E-state index in [0.717, 1.165) is 11.4 Å². The number of halogens is 1. The molecule has 3 aromatic rings. The molecule has 2 atom stereocenters. The molecule has 1 aromatic carbocycles. The Bertz CT molecular complexity index is 1000. The van der Waals surface area contributed by atoms with Gasteiger partial charge in [-0.15, -0.1) is 0 Å². The second-order valence-electron chi connectivity index (χ2n) is 7.18. The summed E-state index contributed by atoms with van der Waals surface area (Å²) in [4.78, 5) is 15.2. The molecule has 0 N–H and O–H groups in total. The number of nitrogens with zero attached hydrogens (tertiary/aromatic N) is 3. The summed E-state index contributed by atoms with van der Waals surface area (Å²) >= 11 is 6.17. The van der Waals surface area contributed by atoms with Crippen LogP contribution in [-0.4, -0.2) is 45.9 Å². The van der Waals surface area contributed by atoms with Gasteiger partial charge in [-0.05, 0) is 51.1 Å². The molecule has 1 aliphatic heterocycles. The number of ether oxygens (including phenoxy) is 1. The molecule has 6 nitrogen and oxygen atoms in total. The number of morpholine rings is 1. The van der Waals surface area contributed by atoms with E-state index in [4.69, 9.17) is 20.8 Å². The summed E-state index contributed by atoms with van der Waals surface area (Å²) in [5.41, 5.74) is 1.79. The third kappa shape index (κ3) is 3.70. The third-order valence-electron chi connectivity index (χ3n) is 4.68. The molecule has 4 rings (SSSR count). The molecule has 1 aliphatic rings. The predicted molar refractivity (Wildman–Crippen MR) is 107 cm³/mol. The summed E-state index contributed by atoms with van der Waals surface area (Å²) in [7, 11) is 0. The third-order valence-corrected chi connectivity index (χ3v) is 4.92. The first kappa shape index (κ1) is 18.8. The van der Waals surface area contributed by atoms with Gasteiger partial charge in [-0.3, -0.25) is 4.79 Å². The Balaban J connectivity index is 1.78. The highest BCUT2D eigenvalue weighted by Crippen LogP contribution is 2.26. The van der Waals surface area contributed by atoms with E-state index in [1.165, 1.54) is 0 Å².